The predicted octanol–water partition coefficient (Wildman–Crippen LogP) is 1.05. The lowest BCUT2D eigenvalue weighted by molar-refractivity contribution is 0.497. The maximum absolute atomic E-state index is 11.4. The monoisotopic (exact) mass is 259 g/mol. The lowest BCUT2D eigenvalue weighted by Crippen LogP contribution is -2.20. The first-order valence-corrected chi connectivity index (χ1v) is 5.96. The molecule has 3 rings (SSSR count). The first kappa shape index (κ1) is 11.5. The number of aromatic nitrogens is 4. The van der Waals surface area contributed by atoms with E-state index in [1.54, 1.807) is 18.4 Å². The number of hydrogen-bond donors (Lipinski definition) is 2. The minimum atomic E-state index is -0.350. The Balaban J connectivity index is 1.77. The van der Waals surface area contributed by atoms with E-state index in [9.17, 15) is 4.79 Å². The van der Waals surface area contributed by atoms with Crippen LogP contribution < -0.4 is 11.0 Å². The Morgan fingerprint density at radius 1 is 1.47 bits per heavy atom. The van der Waals surface area contributed by atoms with Crippen LogP contribution in [0.4, 0.5) is 5.82 Å². The molecule has 0 aliphatic rings. The third-order valence-corrected chi connectivity index (χ3v) is 2.76. The highest BCUT2D eigenvalue weighted by Crippen LogP contribution is 2.09. The second-order valence-electron chi connectivity index (χ2n) is 4.35. The van der Waals surface area contributed by atoms with E-state index >= 15 is 0 Å². The quantitative estimate of drug-likeness (QED) is 0.731. The van der Waals surface area contributed by atoms with Gasteiger partial charge in [0.1, 0.15) is 11.6 Å². The molecule has 3 aromatic rings. The van der Waals surface area contributed by atoms with E-state index in [0.717, 1.165) is 12.2 Å². The van der Waals surface area contributed by atoms with E-state index < -0.39 is 0 Å². The molecule has 3 aromatic heterocycles. The Labute approximate surface area is 108 Å². The van der Waals surface area contributed by atoms with E-state index in [-0.39, 0.29) is 11.7 Å². The summed E-state index contributed by atoms with van der Waals surface area (Å²) in [5, 5.41) is 13.6. The van der Waals surface area contributed by atoms with Crippen LogP contribution in [0.1, 0.15) is 12.7 Å². The maximum Gasteiger partial charge on any atom is 0.364 e. The van der Waals surface area contributed by atoms with E-state index in [4.69, 9.17) is 4.42 Å². The second kappa shape index (κ2) is 4.60. The van der Waals surface area contributed by atoms with Gasteiger partial charge in [0.25, 0.3) is 0 Å². The fourth-order valence-corrected chi connectivity index (χ4v) is 1.91. The Bertz CT molecular complexity index is 728. The smallest absolute Gasteiger partial charge is 0.364 e. The summed E-state index contributed by atoms with van der Waals surface area (Å²) in [4.78, 5) is 11.4. The van der Waals surface area contributed by atoms with E-state index in [1.807, 2.05) is 19.1 Å². The third kappa shape index (κ3) is 2.35. The van der Waals surface area contributed by atoms with Crippen LogP contribution in [0.2, 0.25) is 0 Å². The summed E-state index contributed by atoms with van der Waals surface area (Å²) in [6.07, 6.45) is 2.39. The minimum Gasteiger partial charge on any atom is -0.469 e. The molecule has 0 spiro atoms. The van der Waals surface area contributed by atoms with Gasteiger partial charge in [-0.1, -0.05) is 0 Å². The molecule has 0 fully saturated rings. The number of hydrogen-bond acceptors (Lipinski definition) is 5. The van der Waals surface area contributed by atoms with Crippen molar-refractivity contribution in [3.8, 4) is 0 Å². The number of H-pyrrole nitrogens is 1. The molecule has 0 aliphatic carbocycles. The molecule has 1 atom stereocenters. The van der Waals surface area contributed by atoms with Crippen LogP contribution in [0.3, 0.4) is 0 Å². The topological polar surface area (TPSA) is 88.2 Å². The summed E-state index contributed by atoms with van der Waals surface area (Å²) in [5.74, 6) is 1.52. The lowest BCUT2D eigenvalue weighted by Gasteiger charge is -2.12. The molecule has 7 heteroatoms. The van der Waals surface area contributed by atoms with Crippen molar-refractivity contribution >= 4 is 11.5 Å². The molecule has 3 heterocycles. The zero-order valence-corrected chi connectivity index (χ0v) is 10.3. The van der Waals surface area contributed by atoms with Gasteiger partial charge in [-0.05, 0) is 31.2 Å². The van der Waals surface area contributed by atoms with Crippen molar-refractivity contribution in [3.05, 3.63) is 46.8 Å². The highest BCUT2D eigenvalue weighted by molar-refractivity contribution is 5.43. The maximum atomic E-state index is 11.4. The number of rotatable bonds is 4. The Morgan fingerprint density at radius 2 is 2.37 bits per heavy atom. The largest absolute Gasteiger partial charge is 0.469 e. The van der Waals surface area contributed by atoms with Crippen LogP contribution in [0.25, 0.3) is 5.65 Å². The molecule has 0 aliphatic heterocycles. The number of nitrogens with one attached hydrogen (secondary N) is 2. The van der Waals surface area contributed by atoms with Crippen LogP contribution in [-0.2, 0) is 6.42 Å². The Morgan fingerprint density at radius 3 is 3.16 bits per heavy atom. The third-order valence-electron chi connectivity index (χ3n) is 2.76. The van der Waals surface area contributed by atoms with Crippen molar-refractivity contribution < 1.29 is 4.42 Å². The first-order valence-electron chi connectivity index (χ1n) is 5.96. The van der Waals surface area contributed by atoms with Crippen molar-refractivity contribution in [1.29, 1.82) is 0 Å². The number of anilines is 1. The molecule has 0 aromatic carbocycles. The zero-order chi connectivity index (χ0) is 13.2. The van der Waals surface area contributed by atoms with Gasteiger partial charge in [-0.3, -0.25) is 0 Å². The molecule has 1 unspecified atom stereocenters. The van der Waals surface area contributed by atoms with Gasteiger partial charge >= 0.3 is 5.69 Å². The van der Waals surface area contributed by atoms with Gasteiger partial charge in [-0.25, -0.2) is 9.89 Å². The average Bonchev–Trinajstić information content (AvgIpc) is 3.00. The Kier molecular flexibility index (Phi) is 2.79. The normalized spacial score (nSPS) is 12.7. The van der Waals surface area contributed by atoms with Gasteiger partial charge in [-0.2, -0.15) is 9.61 Å². The highest BCUT2D eigenvalue weighted by atomic mass is 16.3. The molecule has 98 valence electrons. The SMILES string of the molecule is CC(Cc1ccco1)Nc1ccc2n[nH]c(=O)n2n1. The van der Waals surface area contributed by atoms with Crippen molar-refractivity contribution in [1.82, 2.24) is 19.8 Å². The summed E-state index contributed by atoms with van der Waals surface area (Å²) in [6.45, 7) is 2.02. The second-order valence-corrected chi connectivity index (χ2v) is 4.35. The standard InChI is InChI=1S/C12H13N5O2/c1-8(7-9-3-2-6-19-9)13-10-4-5-11-14-15-12(18)17(11)16-10/h2-6,8H,7H2,1H3,(H,13,16)(H,15,18). The summed E-state index contributed by atoms with van der Waals surface area (Å²) < 4.78 is 6.51. The fourth-order valence-electron chi connectivity index (χ4n) is 1.91. The number of fused-ring (bicyclic) bond motifs is 1. The predicted molar refractivity (Wildman–Crippen MR) is 69.1 cm³/mol. The number of furan rings is 1. The van der Waals surface area contributed by atoms with Gasteiger partial charge in [0.05, 0.1) is 6.26 Å². The number of aromatic amines is 1. The van der Waals surface area contributed by atoms with Crippen molar-refractivity contribution in [2.75, 3.05) is 5.32 Å². The van der Waals surface area contributed by atoms with Gasteiger partial charge in [-0.15, -0.1) is 5.10 Å². The molecule has 0 saturated heterocycles. The van der Waals surface area contributed by atoms with Crippen LogP contribution >= 0.6 is 0 Å². The van der Waals surface area contributed by atoms with Crippen LogP contribution in [0, 0.1) is 0 Å². The summed E-state index contributed by atoms with van der Waals surface area (Å²) in [6, 6.07) is 7.44. The molecular formula is C12H13N5O2. The van der Waals surface area contributed by atoms with Gasteiger partial charge < -0.3 is 9.73 Å². The highest BCUT2D eigenvalue weighted by Gasteiger charge is 2.08. The molecule has 0 amide bonds. The average molecular weight is 259 g/mol. The Hall–Kier alpha value is -2.57. The van der Waals surface area contributed by atoms with E-state index in [1.165, 1.54) is 4.52 Å². The molecule has 0 radical (unpaired) electrons. The van der Waals surface area contributed by atoms with Gasteiger partial charge in [0.15, 0.2) is 5.65 Å². The molecule has 0 bridgehead atoms. The summed E-state index contributed by atoms with van der Waals surface area (Å²) in [7, 11) is 0. The lowest BCUT2D eigenvalue weighted by atomic mass is 10.2. The van der Waals surface area contributed by atoms with Crippen molar-refractivity contribution in [2.24, 2.45) is 0 Å². The van der Waals surface area contributed by atoms with Crippen LogP contribution in [0.5, 0.6) is 0 Å². The summed E-state index contributed by atoms with van der Waals surface area (Å²) in [5.41, 5.74) is 0.145. The van der Waals surface area contributed by atoms with Crippen molar-refractivity contribution in [3.63, 3.8) is 0 Å². The van der Waals surface area contributed by atoms with Gasteiger partial charge in [0, 0.05) is 12.5 Å². The molecule has 19 heavy (non-hydrogen) atoms. The van der Waals surface area contributed by atoms with Crippen molar-refractivity contribution in [2.45, 2.75) is 19.4 Å². The van der Waals surface area contributed by atoms with E-state index in [0.29, 0.717) is 11.5 Å². The van der Waals surface area contributed by atoms with Crippen LogP contribution in [0.15, 0.2) is 39.7 Å². The number of nitrogens with zero attached hydrogens (tertiary/aromatic N) is 3. The fraction of sp³-hybridized carbons (Fsp3) is 0.250. The minimum absolute atomic E-state index is 0.138. The van der Waals surface area contributed by atoms with Gasteiger partial charge in [0.2, 0.25) is 0 Å². The zero-order valence-electron chi connectivity index (χ0n) is 10.3. The summed E-state index contributed by atoms with van der Waals surface area (Å²) >= 11 is 0. The molecule has 0 saturated carbocycles. The molecule has 7 nitrogen and oxygen atoms in total. The molecule has 2 N–H and O–H groups in total. The molecular weight excluding hydrogens is 246 g/mol. The van der Waals surface area contributed by atoms with Crippen LogP contribution in [-0.4, -0.2) is 25.9 Å². The first-order chi connectivity index (χ1) is 9.22. The van der Waals surface area contributed by atoms with E-state index in [2.05, 4.69) is 20.6 Å².